The van der Waals surface area contributed by atoms with Crippen molar-refractivity contribution in [3.63, 3.8) is 0 Å². The van der Waals surface area contributed by atoms with Crippen LogP contribution in [0.1, 0.15) is 11.3 Å². The molecule has 2 aromatic heterocycles. The van der Waals surface area contributed by atoms with Gasteiger partial charge in [0, 0.05) is 43.8 Å². The minimum Gasteiger partial charge on any atom is -0.329 e. The molecule has 0 fully saturated rings. The van der Waals surface area contributed by atoms with E-state index < -0.39 is 0 Å². The van der Waals surface area contributed by atoms with Crippen LogP contribution in [0.25, 0.3) is 4.96 Å². The van der Waals surface area contributed by atoms with Gasteiger partial charge in [-0.3, -0.25) is 14.1 Å². The molecule has 5 nitrogen and oxygen atoms in total. The zero-order valence-corrected chi connectivity index (χ0v) is 13.0. The first kappa shape index (κ1) is 14.9. The maximum Gasteiger partial charge on any atom is 0.258 e. The fourth-order valence-corrected chi connectivity index (χ4v) is 3.17. The summed E-state index contributed by atoms with van der Waals surface area (Å²) in [5.41, 5.74) is 7.70. The molecule has 3 rings (SSSR count). The lowest BCUT2D eigenvalue weighted by Crippen LogP contribution is -2.29. The van der Waals surface area contributed by atoms with Crippen LogP contribution in [0.3, 0.4) is 0 Å². The lowest BCUT2D eigenvalue weighted by Gasteiger charge is -2.21. The predicted molar refractivity (Wildman–Crippen MR) is 88.9 cm³/mol. The molecule has 2 heterocycles. The first-order chi connectivity index (χ1) is 10.8. The van der Waals surface area contributed by atoms with Gasteiger partial charge in [-0.15, -0.1) is 11.3 Å². The summed E-state index contributed by atoms with van der Waals surface area (Å²) >= 11 is 1.47. The molecule has 0 aliphatic heterocycles. The van der Waals surface area contributed by atoms with Crippen molar-refractivity contribution in [2.75, 3.05) is 13.1 Å². The Kier molecular flexibility index (Phi) is 4.62. The Morgan fingerprint density at radius 2 is 2.05 bits per heavy atom. The van der Waals surface area contributed by atoms with Crippen LogP contribution in [0.15, 0.2) is 52.8 Å². The van der Waals surface area contributed by atoms with Crippen LogP contribution in [0, 0.1) is 0 Å². The van der Waals surface area contributed by atoms with Gasteiger partial charge in [-0.1, -0.05) is 30.3 Å². The van der Waals surface area contributed by atoms with Crippen molar-refractivity contribution < 1.29 is 0 Å². The third-order valence-corrected chi connectivity index (χ3v) is 4.19. The van der Waals surface area contributed by atoms with E-state index in [9.17, 15) is 4.79 Å². The highest BCUT2D eigenvalue weighted by Crippen LogP contribution is 2.10. The SMILES string of the molecule is NCCN(Cc1ccccc1)Cc1cc(=O)n2ccsc2n1. The average molecular weight is 314 g/mol. The van der Waals surface area contributed by atoms with Gasteiger partial charge >= 0.3 is 0 Å². The summed E-state index contributed by atoms with van der Waals surface area (Å²) in [5, 5.41) is 1.87. The highest BCUT2D eigenvalue weighted by atomic mass is 32.1. The monoisotopic (exact) mass is 314 g/mol. The first-order valence-corrected chi connectivity index (χ1v) is 8.06. The second-order valence-electron chi connectivity index (χ2n) is 5.13. The lowest BCUT2D eigenvalue weighted by atomic mass is 10.2. The molecule has 0 radical (unpaired) electrons. The molecule has 1 aromatic carbocycles. The van der Waals surface area contributed by atoms with Crippen molar-refractivity contribution in [2.24, 2.45) is 5.73 Å². The Labute approximate surface area is 132 Å². The molecule has 0 saturated heterocycles. The van der Waals surface area contributed by atoms with Crippen LogP contribution >= 0.6 is 11.3 Å². The topological polar surface area (TPSA) is 63.6 Å². The summed E-state index contributed by atoms with van der Waals surface area (Å²) in [6, 6.07) is 11.8. The van der Waals surface area contributed by atoms with E-state index in [-0.39, 0.29) is 5.56 Å². The number of hydrogen-bond acceptors (Lipinski definition) is 5. The fraction of sp³-hybridized carbons (Fsp3) is 0.250. The zero-order chi connectivity index (χ0) is 15.4. The highest BCUT2D eigenvalue weighted by Gasteiger charge is 2.10. The quantitative estimate of drug-likeness (QED) is 0.752. The van der Waals surface area contributed by atoms with Gasteiger partial charge in [-0.05, 0) is 5.56 Å². The molecule has 0 aliphatic rings. The van der Waals surface area contributed by atoms with Gasteiger partial charge in [0.2, 0.25) is 0 Å². The fourth-order valence-electron chi connectivity index (χ4n) is 2.44. The summed E-state index contributed by atoms with van der Waals surface area (Å²) in [5.74, 6) is 0. The molecule has 22 heavy (non-hydrogen) atoms. The summed E-state index contributed by atoms with van der Waals surface area (Å²) < 4.78 is 1.57. The van der Waals surface area contributed by atoms with Crippen LogP contribution in [0.5, 0.6) is 0 Å². The number of aromatic nitrogens is 2. The van der Waals surface area contributed by atoms with Crippen LogP contribution in [0.4, 0.5) is 0 Å². The number of rotatable bonds is 6. The third kappa shape index (κ3) is 3.41. The third-order valence-electron chi connectivity index (χ3n) is 3.44. The van der Waals surface area contributed by atoms with E-state index in [0.29, 0.717) is 13.1 Å². The van der Waals surface area contributed by atoms with Gasteiger partial charge in [0.1, 0.15) is 0 Å². The molecule has 0 atom stereocenters. The van der Waals surface area contributed by atoms with Crippen molar-refractivity contribution in [2.45, 2.75) is 13.1 Å². The number of nitrogens with two attached hydrogens (primary N) is 1. The van der Waals surface area contributed by atoms with E-state index in [0.717, 1.165) is 23.7 Å². The zero-order valence-electron chi connectivity index (χ0n) is 12.2. The average Bonchev–Trinajstić information content (AvgIpc) is 2.97. The minimum atomic E-state index is -0.0336. The number of nitrogens with zero attached hydrogens (tertiary/aromatic N) is 3. The minimum absolute atomic E-state index is 0.0336. The number of hydrogen-bond donors (Lipinski definition) is 1. The van der Waals surface area contributed by atoms with Crippen molar-refractivity contribution in [1.29, 1.82) is 0 Å². The summed E-state index contributed by atoms with van der Waals surface area (Å²) in [6.07, 6.45) is 1.75. The number of benzene rings is 1. The smallest absolute Gasteiger partial charge is 0.258 e. The summed E-state index contributed by atoms with van der Waals surface area (Å²) in [6.45, 7) is 2.76. The standard InChI is InChI=1S/C16H18N4OS/c17-6-7-19(11-13-4-2-1-3-5-13)12-14-10-15(21)20-8-9-22-16(20)18-14/h1-5,8-10H,6-7,11-12,17H2. The molecule has 0 saturated carbocycles. The molecule has 114 valence electrons. The van der Waals surface area contributed by atoms with Crippen LogP contribution in [-0.2, 0) is 13.1 Å². The Morgan fingerprint density at radius 1 is 1.23 bits per heavy atom. The van der Waals surface area contributed by atoms with Crippen molar-refractivity contribution in [3.05, 3.63) is 69.6 Å². The molecular formula is C16H18N4OS. The highest BCUT2D eigenvalue weighted by molar-refractivity contribution is 7.15. The van der Waals surface area contributed by atoms with Gasteiger partial charge in [0.05, 0.1) is 5.69 Å². The molecule has 0 unspecified atom stereocenters. The Balaban J connectivity index is 1.81. The van der Waals surface area contributed by atoms with E-state index in [1.807, 2.05) is 23.6 Å². The Hall–Kier alpha value is -2.02. The summed E-state index contributed by atoms with van der Waals surface area (Å²) in [4.78, 5) is 19.5. The Morgan fingerprint density at radius 3 is 2.82 bits per heavy atom. The largest absolute Gasteiger partial charge is 0.329 e. The number of thiazole rings is 1. The molecule has 6 heteroatoms. The van der Waals surface area contributed by atoms with Gasteiger partial charge in [0.25, 0.3) is 5.56 Å². The molecular weight excluding hydrogens is 296 g/mol. The van der Waals surface area contributed by atoms with E-state index >= 15 is 0 Å². The molecule has 0 aliphatic carbocycles. The predicted octanol–water partition coefficient (Wildman–Crippen LogP) is 1.72. The van der Waals surface area contributed by atoms with Gasteiger partial charge in [0.15, 0.2) is 4.96 Å². The maximum atomic E-state index is 12.0. The van der Waals surface area contributed by atoms with E-state index in [4.69, 9.17) is 5.73 Å². The normalized spacial score (nSPS) is 11.4. The van der Waals surface area contributed by atoms with Crippen molar-refractivity contribution in [1.82, 2.24) is 14.3 Å². The van der Waals surface area contributed by atoms with Gasteiger partial charge in [-0.25, -0.2) is 4.98 Å². The van der Waals surface area contributed by atoms with Crippen molar-refractivity contribution in [3.8, 4) is 0 Å². The van der Waals surface area contributed by atoms with Crippen LogP contribution in [0.2, 0.25) is 0 Å². The second-order valence-corrected chi connectivity index (χ2v) is 6.00. The van der Waals surface area contributed by atoms with Crippen LogP contribution < -0.4 is 11.3 Å². The summed E-state index contributed by atoms with van der Waals surface area (Å²) in [7, 11) is 0. The van der Waals surface area contributed by atoms with E-state index in [1.54, 1.807) is 16.7 Å². The van der Waals surface area contributed by atoms with Gasteiger partial charge in [-0.2, -0.15) is 0 Å². The molecule has 0 bridgehead atoms. The molecule has 3 aromatic rings. The van der Waals surface area contributed by atoms with E-state index in [1.165, 1.54) is 16.9 Å². The number of fused-ring (bicyclic) bond motifs is 1. The van der Waals surface area contributed by atoms with E-state index in [2.05, 4.69) is 22.0 Å². The first-order valence-electron chi connectivity index (χ1n) is 7.18. The lowest BCUT2D eigenvalue weighted by molar-refractivity contribution is 0.261. The Bertz CT molecular complexity index is 797. The molecule has 0 spiro atoms. The molecule has 2 N–H and O–H groups in total. The maximum absolute atomic E-state index is 12.0. The second kappa shape index (κ2) is 6.83. The van der Waals surface area contributed by atoms with Gasteiger partial charge < -0.3 is 5.73 Å². The molecule has 0 amide bonds. The van der Waals surface area contributed by atoms with Crippen molar-refractivity contribution >= 4 is 16.3 Å². The van der Waals surface area contributed by atoms with Crippen LogP contribution in [-0.4, -0.2) is 27.4 Å².